The summed E-state index contributed by atoms with van der Waals surface area (Å²) in [5, 5.41) is 10.1. The van der Waals surface area contributed by atoms with Crippen molar-refractivity contribution >= 4 is 29.2 Å². The third-order valence-corrected chi connectivity index (χ3v) is 4.92. The van der Waals surface area contributed by atoms with Crippen molar-refractivity contribution in [2.75, 3.05) is 10.2 Å². The van der Waals surface area contributed by atoms with Crippen molar-refractivity contribution in [2.45, 2.75) is 38.5 Å². The number of imide groups is 1. The van der Waals surface area contributed by atoms with Crippen LogP contribution in [-0.4, -0.2) is 41.2 Å². The summed E-state index contributed by atoms with van der Waals surface area (Å²) in [6.45, 7) is 3.40. The average Bonchev–Trinajstić information content (AvgIpc) is 3.19. The van der Waals surface area contributed by atoms with E-state index in [1.807, 2.05) is 18.2 Å². The van der Waals surface area contributed by atoms with E-state index in [2.05, 4.69) is 5.32 Å². The highest BCUT2D eigenvalue weighted by atomic mass is 19.4. The van der Waals surface area contributed by atoms with Gasteiger partial charge in [-0.3, -0.25) is 9.59 Å². The van der Waals surface area contributed by atoms with Crippen LogP contribution < -0.4 is 16.0 Å². The Kier molecular flexibility index (Phi) is 8.32. The molecule has 7 nitrogen and oxygen atoms in total. The molecule has 0 fully saturated rings. The van der Waals surface area contributed by atoms with Crippen LogP contribution in [0.15, 0.2) is 42.5 Å². The molecule has 3 rings (SSSR count). The lowest BCUT2D eigenvalue weighted by molar-refractivity contribution is -0.192. The number of benzene rings is 2. The van der Waals surface area contributed by atoms with Gasteiger partial charge in [0.25, 0.3) is 11.8 Å². The molecule has 12 heteroatoms. The molecule has 2 atom stereocenters. The van der Waals surface area contributed by atoms with Gasteiger partial charge in [-0.05, 0) is 29.7 Å². The van der Waals surface area contributed by atoms with E-state index in [0.717, 1.165) is 23.4 Å². The van der Waals surface area contributed by atoms with E-state index in [4.69, 9.17) is 15.6 Å². The fraction of sp³-hybridized carbons (Fsp3) is 0.318. The van der Waals surface area contributed by atoms with Crippen molar-refractivity contribution in [3.8, 4) is 0 Å². The zero-order valence-corrected chi connectivity index (χ0v) is 18.1. The number of carbonyl (C=O) groups excluding carboxylic acids is 2. The van der Waals surface area contributed by atoms with E-state index in [1.54, 1.807) is 19.9 Å². The zero-order chi connectivity index (χ0) is 25.8. The summed E-state index contributed by atoms with van der Waals surface area (Å²) in [5.41, 5.74) is 6.87. The second-order valence-corrected chi connectivity index (χ2v) is 7.71. The molecule has 2 aromatic carbocycles. The lowest BCUT2D eigenvalue weighted by Gasteiger charge is -2.28. The molecule has 184 valence electrons. The Balaban J connectivity index is 0.000000509. The highest BCUT2D eigenvalue weighted by Crippen LogP contribution is 2.30. The number of hydrogen-bond donors (Lipinski definition) is 3. The Morgan fingerprint density at radius 2 is 1.59 bits per heavy atom. The van der Waals surface area contributed by atoms with Gasteiger partial charge in [0.05, 0.1) is 6.04 Å². The predicted octanol–water partition coefficient (Wildman–Crippen LogP) is 3.48. The number of nitrogens with one attached hydrogen (secondary N) is 1. The molecule has 0 spiro atoms. The van der Waals surface area contributed by atoms with E-state index in [1.165, 1.54) is 6.07 Å². The summed E-state index contributed by atoms with van der Waals surface area (Å²) >= 11 is 0. The largest absolute Gasteiger partial charge is 0.490 e. The van der Waals surface area contributed by atoms with Gasteiger partial charge in [0, 0.05) is 12.1 Å². The van der Waals surface area contributed by atoms with Crippen LogP contribution in [-0.2, 0) is 20.8 Å². The molecular weight excluding hydrogens is 465 g/mol. The Morgan fingerprint density at radius 1 is 1.06 bits per heavy atom. The first kappa shape index (κ1) is 26.7. The number of halogens is 5. The number of anilines is 2. The molecule has 2 amide bonds. The number of carboxylic acid groups (broad SMARTS) is 1. The number of aliphatic carboxylic acids is 1. The molecule has 0 saturated heterocycles. The van der Waals surface area contributed by atoms with Gasteiger partial charge in [0.2, 0.25) is 0 Å². The number of nitrogens with zero attached hydrogens (tertiary/aromatic N) is 1. The predicted molar refractivity (Wildman–Crippen MR) is 113 cm³/mol. The summed E-state index contributed by atoms with van der Waals surface area (Å²) in [7, 11) is 0. The molecule has 1 heterocycles. The number of rotatable bonds is 4. The lowest BCUT2D eigenvalue weighted by Crippen LogP contribution is -2.53. The third kappa shape index (κ3) is 6.07. The highest BCUT2D eigenvalue weighted by Gasteiger charge is 2.39. The molecule has 0 aromatic heterocycles. The van der Waals surface area contributed by atoms with Crippen molar-refractivity contribution in [2.24, 2.45) is 11.7 Å². The molecule has 4 N–H and O–H groups in total. The van der Waals surface area contributed by atoms with Gasteiger partial charge in [-0.15, -0.1) is 0 Å². The molecule has 0 unspecified atom stereocenters. The first-order valence-electron chi connectivity index (χ1n) is 9.97. The van der Waals surface area contributed by atoms with Gasteiger partial charge in [-0.1, -0.05) is 38.1 Å². The van der Waals surface area contributed by atoms with Crippen molar-refractivity contribution in [3.05, 3.63) is 59.7 Å². The van der Waals surface area contributed by atoms with Gasteiger partial charge in [-0.25, -0.2) is 18.5 Å². The Labute approximate surface area is 191 Å². The second-order valence-electron chi connectivity index (χ2n) is 7.71. The van der Waals surface area contributed by atoms with Crippen LogP contribution in [0.2, 0.25) is 0 Å². The molecule has 34 heavy (non-hydrogen) atoms. The maximum atomic E-state index is 14.4. The highest BCUT2D eigenvalue weighted by molar-refractivity contribution is 6.19. The molecule has 0 radical (unpaired) electrons. The van der Waals surface area contributed by atoms with Crippen molar-refractivity contribution in [1.82, 2.24) is 0 Å². The number of nitrogens with two attached hydrogens (primary N) is 1. The smallest absolute Gasteiger partial charge is 0.475 e. The van der Waals surface area contributed by atoms with Crippen LogP contribution in [0.3, 0.4) is 0 Å². The molecule has 0 saturated carbocycles. The minimum atomic E-state index is -5.08. The van der Waals surface area contributed by atoms with Crippen LogP contribution in [0, 0.1) is 17.6 Å². The molecule has 1 aliphatic rings. The molecule has 0 bridgehead atoms. The fourth-order valence-corrected chi connectivity index (χ4v) is 3.07. The minimum Gasteiger partial charge on any atom is -0.475 e. The van der Waals surface area contributed by atoms with E-state index in [9.17, 15) is 31.5 Å². The van der Waals surface area contributed by atoms with Crippen LogP contribution in [0.1, 0.15) is 19.4 Å². The first-order chi connectivity index (χ1) is 15.8. The van der Waals surface area contributed by atoms with Crippen molar-refractivity contribution in [3.63, 3.8) is 0 Å². The van der Waals surface area contributed by atoms with Gasteiger partial charge in [-0.2, -0.15) is 13.2 Å². The second kappa shape index (κ2) is 10.6. The Hall–Kier alpha value is -3.54. The topological polar surface area (TPSA) is 113 Å². The van der Waals surface area contributed by atoms with E-state index >= 15 is 0 Å². The van der Waals surface area contributed by atoms with E-state index < -0.39 is 53.4 Å². The number of para-hydroxylation sites is 2. The summed E-state index contributed by atoms with van der Waals surface area (Å²) in [6, 6.07) is 8.60. The number of hydrogen-bond acceptors (Lipinski definition) is 5. The molecule has 0 aliphatic carbocycles. The van der Waals surface area contributed by atoms with Crippen molar-refractivity contribution in [1.29, 1.82) is 0 Å². The summed E-state index contributed by atoms with van der Waals surface area (Å²) in [6.07, 6.45) is -4.77. The SMILES string of the molecule is CC(C)[C@H](N)C(=O)N(C(=O)[C@@H]1Cc2ccccc2N1)c1c(F)cccc1F.O=C(O)C(F)(F)F. The lowest BCUT2D eigenvalue weighted by atomic mass is 10.0. The first-order valence-corrected chi connectivity index (χ1v) is 9.97. The fourth-order valence-electron chi connectivity index (χ4n) is 3.07. The summed E-state index contributed by atoms with van der Waals surface area (Å²) < 4.78 is 60.5. The van der Waals surface area contributed by atoms with E-state index in [-0.39, 0.29) is 5.92 Å². The van der Waals surface area contributed by atoms with Crippen LogP contribution in [0.25, 0.3) is 0 Å². The zero-order valence-electron chi connectivity index (χ0n) is 18.1. The number of amides is 2. The third-order valence-electron chi connectivity index (χ3n) is 4.92. The molecular formula is C22H22F5N3O4. The Morgan fingerprint density at radius 3 is 2.06 bits per heavy atom. The summed E-state index contributed by atoms with van der Waals surface area (Å²) in [5.74, 6) is -6.64. The van der Waals surface area contributed by atoms with Gasteiger partial charge in [0.1, 0.15) is 23.4 Å². The minimum absolute atomic E-state index is 0.309. The average molecular weight is 487 g/mol. The molecule has 1 aliphatic heterocycles. The van der Waals surface area contributed by atoms with Crippen LogP contribution >= 0.6 is 0 Å². The van der Waals surface area contributed by atoms with Crippen LogP contribution in [0.4, 0.5) is 33.3 Å². The monoisotopic (exact) mass is 487 g/mol. The molecule has 2 aromatic rings. The van der Waals surface area contributed by atoms with Gasteiger partial charge >= 0.3 is 12.1 Å². The maximum absolute atomic E-state index is 14.4. The standard InChI is InChI=1S/C20H21F2N3O2.C2HF3O2/c1-11(2)17(23)20(27)25(18-13(21)7-5-8-14(18)22)19(26)16-10-12-6-3-4-9-15(12)24-16;3-2(4,5)1(6)7/h3-9,11,16-17,24H,10,23H2,1-2H3;(H,6,7)/t16-,17-;/m0./s1. The number of fused-ring (bicyclic) bond motifs is 1. The quantitative estimate of drug-likeness (QED) is 0.570. The van der Waals surface area contributed by atoms with Crippen molar-refractivity contribution < 1.29 is 41.4 Å². The van der Waals surface area contributed by atoms with Gasteiger partial charge in [0.15, 0.2) is 0 Å². The van der Waals surface area contributed by atoms with Gasteiger partial charge < -0.3 is 16.2 Å². The number of alkyl halides is 3. The Bertz CT molecular complexity index is 1030. The van der Waals surface area contributed by atoms with E-state index in [0.29, 0.717) is 11.3 Å². The number of carbonyl (C=O) groups is 3. The number of carboxylic acids is 1. The van der Waals surface area contributed by atoms with Crippen LogP contribution in [0.5, 0.6) is 0 Å². The summed E-state index contributed by atoms with van der Waals surface area (Å²) in [4.78, 5) is 35.5. The normalized spacial score (nSPS) is 15.5. The maximum Gasteiger partial charge on any atom is 0.490 e.